The van der Waals surface area contributed by atoms with Gasteiger partial charge in [-0.05, 0) is 37.0 Å². The number of nitrogens with one attached hydrogen (secondary N) is 4. The van der Waals surface area contributed by atoms with Crippen LogP contribution in [0.5, 0.6) is 0 Å². The third-order valence-electron chi connectivity index (χ3n) is 10.2. The van der Waals surface area contributed by atoms with Crippen LogP contribution in [-0.4, -0.2) is 230 Å². The number of carbonyl (C=O) groups is 10. The highest BCUT2D eigenvalue weighted by Crippen LogP contribution is 2.38. The molecule has 1 aromatic rings. The Kier molecular flexibility index (Phi) is 25.2. The number of benzene rings is 1. The zero-order valence-corrected chi connectivity index (χ0v) is 37.8. The standard InChI is InChI=1S/C39H59N8O20P/c48-30(41-28(38(61)62)10-20-67-68(65,66)43-29(39(63)64)6-8-32(50)51)7-5-27(37(59)60)42-36(58)26-3-1-25(2-4-26)9-11-40-31(49)21-44-12-14-45(22-33(52)53)16-18-47(24-35(56)57)19-17-46(15-13-44)23-34(54)55/h1-4,27-29H,5-24H2,(H,40,49)(H,41,48)(H,42,58)(H,50,51)(H,52,53)(H,54,55)(H,56,57)(H,59,60)(H,61,62)(H,63,64)(H2,43,65,66)/t27-,28?,29?/m1/s1. The zero-order valence-electron chi connectivity index (χ0n) is 36.9. The second kappa shape index (κ2) is 29.6. The van der Waals surface area contributed by atoms with E-state index in [1.54, 1.807) is 36.8 Å². The number of rotatable bonds is 29. The summed E-state index contributed by atoms with van der Waals surface area (Å²) in [5.74, 6) is -11.5. The van der Waals surface area contributed by atoms with Gasteiger partial charge in [0.2, 0.25) is 11.8 Å². The Morgan fingerprint density at radius 3 is 1.40 bits per heavy atom. The molecule has 12 N–H and O–H groups in total. The fraction of sp³-hybridized carbons (Fsp3) is 0.590. The number of aliphatic carboxylic acids is 7. The molecule has 1 aliphatic rings. The number of nitrogens with zero attached hydrogens (tertiary/aromatic N) is 4. The van der Waals surface area contributed by atoms with E-state index in [-0.39, 0.29) is 96.6 Å². The first-order valence-corrected chi connectivity index (χ1v) is 22.7. The van der Waals surface area contributed by atoms with Crippen molar-refractivity contribution in [3.05, 3.63) is 35.4 Å². The summed E-state index contributed by atoms with van der Waals surface area (Å²) in [5, 5.41) is 74.3. The molecule has 28 nitrogen and oxygen atoms in total. The van der Waals surface area contributed by atoms with E-state index in [1.807, 2.05) is 0 Å². The molecule has 1 fully saturated rings. The molecule has 0 aliphatic carbocycles. The summed E-state index contributed by atoms with van der Waals surface area (Å²) in [4.78, 5) is 135. The topological polar surface area (TPSA) is 420 Å². The van der Waals surface area contributed by atoms with Crippen LogP contribution in [0.15, 0.2) is 24.3 Å². The van der Waals surface area contributed by atoms with Crippen LogP contribution in [0.2, 0.25) is 0 Å². The molecule has 0 saturated carbocycles. The molecule has 0 bridgehead atoms. The molecular weight excluding hydrogens is 931 g/mol. The number of carboxylic acid groups (broad SMARTS) is 7. The smallest absolute Gasteiger partial charge is 0.403 e. The fourth-order valence-electron chi connectivity index (χ4n) is 6.55. The minimum atomic E-state index is -4.88. The lowest BCUT2D eigenvalue weighted by atomic mass is 10.1. The first-order valence-electron chi connectivity index (χ1n) is 21.1. The van der Waals surface area contributed by atoms with Crippen molar-refractivity contribution in [3.8, 4) is 0 Å². The van der Waals surface area contributed by atoms with Gasteiger partial charge in [-0.3, -0.25) is 62.5 Å². The number of hydrogen-bond acceptors (Lipinski definition) is 16. The zero-order chi connectivity index (χ0) is 51.0. The second-order valence-corrected chi connectivity index (χ2v) is 17.1. The maximum Gasteiger partial charge on any atom is 0.403 e. The van der Waals surface area contributed by atoms with Crippen LogP contribution >= 0.6 is 7.75 Å². The van der Waals surface area contributed by atoms with Crippen molar-refractivity contribution in [2.75, 3.05) is 91.7 Å². The highest BCUT2D eigenvalue weighted by molar-refractivity contribution is 7.50. The van der Waals surface area contributed by atoms with Gasteiger partial charge in [0.15, 0.2) is 0 Å². The van der Waals surface area contributed by atoms with Gasteiger partial charge >= 0.3 is 49.5 Å². The van der Waals surface area contributed by atoms with Crippen molar-refractivity contribution in [2.45, 2.75) is 56.7 Å². The molecule has 1 heterocycles. The Morgan fingerprint density at radius 2 is 0.971 bits per heavy atom. The summed E-state index contributed by atoms with van der Waals surface area (Å²) in [6, 6.07) is 0.842. The lowest BCUT2D eigenvalue weighted by Gasteiger charge is -2.32. The Bertz CT molecular complexity index is 1940. The number of hydrogen-bond donors (Lipinski definition) is 12. The van der Waals surface area contributed by atoms with Gasteiger partial charge in [-0.1, -0.05) is 12.1 Å². The monoisotopic (exact) mass is 990 g/mol. The number of carbonyl (C=O) groups excluding carboxylic acids is 3. The van der Waals surface area contributed by atoms with Crippen LogP contribution < -0.4 is 21.0 Å². The van der Waals surface area contributed by atoms with Crippen LogP contribution in [0.4, 0.5) is 0 Å². The molecule has 1 saturated heterocycles. The van der Waals surface area contributed by atoms with E-state index < -0.39 is 118 Å². The molecule has 380 valence electrons. The van der Waals surface area contributed by atoms with E-state index in [2.05, 4.69) is 16.0 Å². The van der Waals surface area contributed by atoms with Gasteiger partial charge in [-0.2, -0.15) is 0 Å². The van der Waals surface area contributed by atoms with Crippen LogP contribution in [0.25, 0.3) is 0 Å². The number of amides is 3. The molecule has 3 unspecified atom stereocenters. The minimum absolute atomic E-state index is 0.0467. The molecule has 0 spiro atoms. The van der Waals surface area contributed by atoms with Gasteiger partial charge in [0.1, 0.15) is 18.1 Å². The largest absolute Gasteiger partial charge is 0.481 e. The summed E-state index contributed by atoms with van der Waals surface area (Å²) in [5.41, 5.74) is 0.729. The molecule has 3 amide bonds. The third-order valence-corrected chi connectivity index (χ3v) is 11.3. The Hall–Kier alpha value is -6.13. The molecule has 29 heteroatoms. The highest BCUT2D eigenvalue weighted by Gasteiger charge is 2.31. The second-order valence-electron chi connectivity index (χ2n) is 15.5. The Labute approximate surface area is 388 Å². The predicted molar refractivity (Wildman–Crippen MR) is 231 cm³/mol. The minimum Gasteiger partial charge on any atom is -0.481 e. The van der Waals surface area contributed by atoms with Gasteiger partial charge < -0.3 is 56.6 Å². The molecule has 4 atom stereocenters. The highest BCUT2D eigenvalue weighted by atomic mass is 31.2. The Balaban J connectivity index is 1.91. The van der Waals surface area contributed by atoms with Gasteiger partial charge in [0, 0.05) is 83.7 Å². The van der Waals surface area contributed by atoms with Crippen LogP contribution in [0.3, 0.4) is 0 Å². The third kappa shape index (κ3) is 24.6. The van der Waals surface area contributed by atoms with E-state index in [9.17, 15) is 82.9 Å². The number of carboxylic acids is 7. The lowest BCUT2D eigenvalue weighted by molar-refractivity contribution is -0.143. The van der Waals surface area contributed by atoms with Gasteiger partial charge in [-0.15, -0.1) is 0 Å². The van der Waals surface area contributed by atoms with Gasteiger partial charge in [0.05, 0.1) is 32.8 Å². The summed E-state index contributed by atoms with van der Waals surface area (Å²) in [6.07, 6.45) is -2.60. The molecular formula is C39H59N8O20P. The summed E-state index contributed by atoms with van der Waals surface area (Å²) in [7, 11) is -4.88. The van der Waals surface area contributed by atoms with E-state index in [1.165, 1.54) is 12.1 Å². The molecule has 1 aliphatic heterocycles. The SMILES string of the molecule is O=C(O)CCC(NP(=O)(O)OCCC(NC(=O)CC[C@@H](NC(=O)c1ccc(CCNC(=O)CN2CCN(CC(=O)O)CCN(CC(=O)O)CCN(CC(=O)O)CC2)cc1)C(=O)O)C(=O)O)C(=O)O. The van der Waals surface area contributed by atoms with E-state index in [0.717, 1.165) is 0 Å². The van der Waals surface area contributed by atoms with Crippen LogP contribution in [-0.2, 0) is 58.7 Å². The van der Waals surface area contributed by atoms with E-state index in [4.69, 9.17) is 14.7 Å². The Morgan fingerprint density at radius 1 is 0.544 bits per heavy atom. The van der Waals surface area contributed by atoms with Crippen LogP contribution in [0, 0.1) is 0 Å². The normalized spacial score (nSPS) is 16.8. The molecule has 0 aromatic heterocycles. The average molecular weight is 991 g/mol. The first-order chi connectivity index (χ1) is 31.9. The maximum atomic E-state index is 13.0. The van der Waals surface area contributed by atoms with Crippen molar-refractivity contribution in [2.24, 2.45) is 0 Å². The molecule has 68 heavy (non-hydrogen) atoms. The summed E-state index contributed by atoms with van der Waals surface area (Å²) in [6.45, 7) is 0.176. The van der Waals surface area contributed by atoms with Crippen molar-refractivity contribution in [1.82, 2.24) is 40.6 Å². The lowest BCUT2D eigenvalue weighted by Crippen LogP contribution is -2.49. The summed E-state index contributed by atoms with van der Waals surface area (Å²) >= 11 is 0. The van der Waals surface area contributed by atoms with Crippen molar-refractivity contribution >= 4 is 67.3 Å². The summed E-state index contributed by atoms with van der Waals surface area (Å²) < 4.78 is 17.0. The van der Waals surface area contributed by atoms with Crippen molar-refractivity contribution in [3.63, 3.8) is 0 Å². The van der Waals surface area contributed by atoms with E-state index in [0.29, 0.717) is 12.0 Å². The van der Waals surface area contributed by atoms with Gasteiger partial charge in [-0.25, -0.2) is 19.2 Å². The fourth-order valence-corrected chi connectivity index (χ4v) is 7.61. The van der Waals surface area contributed by atoms with Gasteiger partial charge in [0.25, 0.3) is 5.91 Å². The van der Waals surface area contributed by atoms with E-state index >= 15 is 0 Å². The molecule has 0 radical (unpaired) electrons. The van der Waals surface area contributed by atoms with Crippen molar-refractivity contribution in [1.29, 1.82) is 0 Å². The molecule has 2 rings (SSSR count). The quantitative estimate of drug-likeness (QED) is 0.0351. The predicted octanol–water partition coefficient (Wildman–Crippen LogP) is -3.23. The molecule has 1 aromatic carbocycles. The first kappa shape index (κ1) is 58.0. The van der Waals surface area contributed by atoms with Crippen LogP contribution in [0.1, 0.15) is 48.0 Å². The van der Waals surface area contributed by atoms with Crippen molar-refractivity contribution < 1.29 is 97.7 Å². The maximum absolute atomic E-state index is 13.0. The average Bonchev–Trinajstić information content (AvgIpc) is 3.23.